The molecule has 1 amide bonds. The van der Waals surface area contributed by atoms with Crippen LogP contribution in [0.15, 0.2) is 114 Å². The van der Waals surface area contributed by atoms with Gasteiger partial charge in [-0.2, -0.15) is 4.98 Å². The number of allylic oxidation sites excluding steroid dienone is 1. The minimum absolute atomic E-state index is 0.324. The summed E-state index contributed by atoms with van der Waals surface area (Å²) in [5.41, 5.74) is 4.08. The SMILES string of the molecule is COc1ccccc1NC(=O)C1=C(C)Nc2nc(-c3ccc(F)cc3)nn2C1c1cccc(OCc2ccccc2)c1. The third-order valence-corrected chi connectivity index (χ3v) is 6.98. The molecule has 1 aliphatic rings. The summed E-state index contributed by atoms with van der Waals surface area (Å²) in [6.07, 6.45) is 0. The van der Waals surface area contributed by atoms with Crippen molar-refractivity contribution in [1.82, 2.24) is 14.8 Å². The monoisotopic (exact) mass is 561 g/mol. The maximum absolute atomic E-state index is 14.0. The molecule has 1 atom stereocenters. The maximum atomic E-state index is 14.0. The molecule has 0 fully saturated rings. The van der Waals surface area contributed by atoms with Gasteiger partial charge in [-0.05, 0) is 66.6 Å². The lowest BCUT2D eigenvalue weighted by Crippen LogP contribution is -2.31. The number of carbonyl (C=O) groups excluding carboxylic acids is 1. The Kier molecular flexibility index (Phi) is 7.38. The van der Waals surface area contributed by atoms with Crippen LogP contribution in [0, 0.1) is 5.82 Å². The van der Waals surface area contributed by atoms with Crippen molar-refractivity contribution in [2.24, 2.45) is 0 Å². The highest BCUT2D eigenvalue weighted by Gasteiger charge is 2.35. The van der Waals surface area contributed by atoms with Crippen molar-refractivity contribution in [3.05, 3.63) is 131 Å². The number of fused-ring (bicyclic) bond motifs is 1. The lowest BCUT2D eigenvalue weighted by Gasteiger charge is -2.29. The van der Waals surface area contributed by atoms with Gasteiger partial charge >= 0.3 is 0 Å². The van der Waals surface area contributed by atoms with E-state index in [0.29, 0.717) is 52.4 Å². The minimum Gasteiger partial charge on any atom is -0.495 e. The van der Waals surface area contributed by atoms with Crippen molar-refractivity contribution in [2.75, 3.05) is 17.7 Å². The Hall–Kier alpha value is -5.44. The van der Waals surface area contributed by atoms with Gasteiger partial charge in [-0.3, -0.25) is 4.79 Å². The molecule has 1 unspecified atom stereocenters. The number of ether oxygens (including phenoxy) is 2. The standard InChI is InChI=1S/C33H28FN5O3/c1-21-29(32(40)36-27-13-6-7-14-28(27)41-2)30(24-11-8-12-26(19-24)42-20-22-9-4-3-5-10-22)39-33(35-21)37-31(38-39)23-15-17-25(34)18-16-23/h3-19,30H,20H2,1-2H3,(H,36,40)(H,35,37,38). The second-order valence-corrected chi connectivity index (χ2v) is 9.78. The molecule has 0 saturated carbocycles. The fourth-order valence-electron chi connectivity index (χ4n) is 4.93. The molecule has 2 N–H and O–H groups in total. The zero-order valence-electron chi connectivity index (χ0n) is 23.0. The van der Waals surface area contributed by atoms with E-state index < -0.39 is 6.04 Å². The van der Waals surface area contributed by atoms with Gasteiger partial charge < -0.3 is 20.1 Å². The summed E-state index contributed by atoms with van der Waals surface area (Å²) in [7, 11) is 1.56. The van der Waals surface area contributed by atoms with Crippen LogP contribution >= 0.6 is 0 Å². The molecule has 4 aromatic carbocycles. The van der Waals surface area contributed by atoms with E-state index in [1.54, 1.807) is 36.1 Å². The fourth-order valence-corrected chi connectivity index (χ4v) is 4.93. The second kappa shape index (κ2) is 11.6. The van der Waals surface area contributed by atoms with Crippen LogP contribution in [0.3, 0.4) is 0 Å². The largest absolute Gasteiger partial charge is 0.495 e. The van der Waals surface area contributed by atoms with Crippen molar-refractivity contribution < 1.29 is 18.7 Å². The third kappa shape index (κ3) is 5.44. The second-order valence-electron chi connectivity index (χ2n) is 9.78. The Labute approximate surface area is 242 Å². The summed E-state index contributed by atoms with van der Waals surface area (Å²) < 4.78 is 26.9. The first-order valence-corrected chi connectivity index (χ1v) is 13.4. The number of amides is 1. The predicted octanol–water partition coefficient (Wildman–Crippen LogP) is 6.60. The molecule has 2 heterocycles. The topological polar surface area (TPSA) is 90.3 Å². The third-order valence-electron chi connectivity index (χ3n) is 6.98. The fraction of sp³-hybridized carbons (Fsp3) is 0.121. The van der Waals surface area contributed by atoms with Gasteiger partial charge in [0.25, 0.3) is 5.91 Å². The number of methoxy groups -OCH3 is 1. The Bertz CT molecular complexity index is 1770. The van der Waals surface area contributed by atoms with Crippen LogP contribution in [0.4, 0.5) is 16.0 Å². The summed E-state index contributed by atoms with van der Waals surface area (Å²) in [6.45, 7) is 2.23. The van der Waals surface area contributed by atoms with E-state index in [-0.39, 0.29) is 11.7 Å². The van der Waals surface area contributed by atoms with E-state index in [9.17, 15) is 9.18 Å². The van der Waals surface area contributed by atoms with Crippen LogP contribution < -0.4 is 20.1 Å². The Morgan fingerprint density at radius 1 is 0.976 bits per heavy atom. The van der Waals surface area contributed by atoms with Crippen LogP contribution in [0.5, 0.6) is 11.5 Å². The molecule has 6 rings (SSSR count). The van der Waals surface area contributed by atoms with E-state index in [1.807, 2.05) is 73.7 Å². The van der Waals surface area contributed by atoms with Crippen LogP contribution in [0.1, 0.15) is 24.1 Å². The van der Waals surface area contributed by atoms with Crippen LogP contribution in [-0.4, -0.2) is 27.8 Å². The summed E-state index contributed by atoms with van der Waals surface area (Å²) in [6, 6.07) is 30.1. The molecule has 5 aromatic rings. The highest BCUT2D eigenvalue weighted by molar-refractivity contribution is 6.06. The number of para-hydroxylation sites is 2. The number of anilines is 2. The van der Waals surface area contributed by atoms with Gasteiger partial charge in [0.1, 0.15) is 30.0 Å². The van der Waals surface area contributed by atoms with Gasteiger partial charge in [-0.1, -0.05) is 54.6 Å². The van der Waals surface area contributed by atoms with E-state index in [1.165, 1.54) is 12.1 Å². The highest BCUT2D eigenvalue weighted by Crippen LogP contribution is 2.38. The number of nitrogens with zero attached hydrogens (tertiary/aromatic N) is 3. The summed E-state index contributed by atoms with van der Waals surface area (Å²) in [5, 5.41) is 11.0. The van der Waals surface area contributed by atoms with Gasteiger partial charge in [-0.15, -0.1) is 5.10 Å². The number of carbonyl (C=O) groups is 1. The first-order chi connectivity index (χ1) is 20.5. The molecule has 0 spiro atoms. The summed E-state index contributed by atoms with van der Waals surface area (Å²) >= 11 is 0. The molecular weight excluding hydrogens is 533 g/mol. The molecule has 0 aliphatic carbocycles. The van der Waals surface area contributed by atoms with Gasteiger partial charge in [0, 0.05) is 11.3 Å². The number of nitrogens with one attached hydrogen (secondary N) is 2. The molecule has 0 bridgehead atoms. The zero-order valence-corrected chi connectivity index (χ0v) is 23.0. The average molecular weight is 562 g/mol. The van der Waals surface area contributed by atoms with Gasteiger partial charge in [0.15, 0.2) is 5.82 Å². The van der Waals surface area contributed by atoms with Gasteiger partial charge in [-0.25, -0.2) is 9.07 Å². The van der Waals surface area contributed by atoms with Crippen molar-refractivity contribution in [2.45, 2.75) is 19.6 Å². The van der Waals surface area contributed by atoms with Crippen molar-refractivity contribution >= 4 is 17.5 Å². The average Bonchev–Trinajstić information content (AvgIpc) is 3.44. The quantitative estimate of drug-likeness (QED) is 0.222. The van der Waals surface area contributed by atoms with Gasteiger partial charge in [0.2, 0.25) is 5.95 Å². The van der Waals surface area contributed by atoms with Crippen molar-refractivity contribution in [3.63, 3.8) is 0 Å². The van der Waals surface area contributed by atoms with E-state index in [4.69, 9.17) is 14.6 Å². The van der Waals surface area contributed by atoms with Crippen molar-refractivity contribution in [1.29, 1.82) is 0 Å². The molecule has 8 nitrogen and oxygen atoms in total. The van der Waals surface area contributed by atoms with E-state index in [0.717, 1.165) is 11.1 Å². The number of aromatic nitrogens is 3. The molecule has 0 radical (unpaired) electrons. The number of hydrogen-bond donors (Lipinski definition) is 2. The molecular formula is C33H28FN5O3. The molecule has 210 valence electrons. The Balaban J connectivity index is 1.40. The zero-order chi connectivity index (χ0) is 29.1. The lowest BCUT2D eigenvalue weighted by molar-refractivity contribution is -0.113. The molecule has 1 aliphatic heterocycles. The normalized spacial score (nSPS) is 14.1. The molecule has 0 saturated heterocycles. The van der Waals surface area contributed by atoms with E-state index in [2.05, 4.69) is 15.6 Å². The van der Waals surface area contributed by atoms with Crippen molar-refractivity contribution in [3.8, 4) is 22.9 Å². The predicted molar refractivity (Wildman–Crippen MR) is 159 cm³/mol. The van der Waals surface area contributed by atoms with E-state index >= 15 is 0 Å². The number of rotatable bonds is 8. The van der Waals surface area contributed by atoms with Crippen LogP contribution in [0.25, 0.3) is 11.4 Å². The Morgan fingerprint density at radius 2 is 1.74 bits per heavy atom. The van der Waals surface area contributed by atoms with Crippen LogP contribution in [0.2, 0.25) is 0 Å². The smallest absolute Gasteiger partial charge is 0.255 e. The number of benzene rings is 4. The summed E-state index contributed by atoms with van der Waals surface area (Å²) in [4.78, 5) is 18.6. The lowest BCUT2D eigenvalue weighted by atomic mass is 9.94. The highest BCUT2D eigenvalue weighted by atomic mass is 19.1. The van der Waals surface area contributed by atoms with Gasteiger partial charge in [0.05, 0.1) is 18.4 Å². The first-order valence-electron chi connectivity index (χ1n) is 13.4. The summed E-state index contributed by atoms with van der Waals surface area (Å²) in [5.74, 6) is 1.38. The molecule has 1 aromatic heterocycles. The number of halogens is 1. The molecule has 42 heavy (non-hydrogen) atoms. The first kappa shape index (κ1) is 26.8. The Morgan fingerprint density at radius 3 is 2.52 bits per heavy atom. The number of hydrogen-bond acceptors (Lipinski definition) is 6. The molecule has 9 heteroatoms. The minimum atomic E-state index is -0.641. The maximum Gasteiger partial charge on any atom is 0.255 e. The van der Waals surface area contributed by atoms with Crippen LogP contribution in [-0.2, 0) is 11.4 Å².